The fourth-order valence-electron chi connectivity index (χ4n) is 1.97. The second-order valence-electron chi connectivity index (χ2n) is 4.62. The maximum Gasteiger partial charge on any atom is 0.223 e. The fourth-order valence-corrected chi connectivity index (χ4v) is 1.97. The Balaban J connectivity index is 1.93. The van der Waals surface area contributed by atoms with E-state index in [4.69, 9.17) is 4.42 Å². The van der Waals surface area contributed by atoms with Crippen LogP contribution in [0.3, 0.4) is 0 Å². The quantitative estimate of drug-likeness (QED) is 0.777. The molecule has 0 saturated carbocycles. The number of hydrogen-bond donors (Lipinski definition) is 1. The number of aryl methyl sites for hydroxylation is 1. The third kappa shape index (κ3) is 3.89. The second kappa shape index (κ2) is 7.04. The first-order chi connectivity index (χ1) is 9.31. The summed E-state index contributed by atoms with van der Waals surface area (Å²) in [6.45, 7) is 6.18. The van der Waals surface area contributed by atoms with Crippen molar-refractivity contribution in [3.05, 3.63) is 47.7 Å². The Labute approximate surface area is 114 Å². The Morgan fingerprint density at radius 3 is 2.74 bits per heavy atom. The molecule has 4 heteroatoms. The van der Waals surface area contributed by atoms with Gasteiger partial charge in [-0.25, -0.2) is 0 Å². The lowest BCUT2D eigenvalue weighted by molar-refractivity contribution is 0.432. The maximum atomic E-state index is 5.73. The summed E-state index contributed by atoms with van der Waals surface area (Å²) in [6.07, 6.45) is 1.86. The molecule has 2 aromatic rings. The minimum atomic E-state index is 0.149. The molecular weight excluding hydrogens is 238 g/mol. The Kier molecular flexibility index (Phi) is 5.10. The molecule has 0 saturated heterocycles. The molecule has 1 unspecified atom stereocenters. The standard InChI is InChI=1S/C15H21N3O/c1-3-16-11-7-10-14-17-18-15(19-14)12(2)13-8-5-4-6-9-13/h4-6,8-9,12,16H,3,7,10-11H2,1-2H3. The minimum absolute atomic E-state index is 0.149. The molecule has 0 aliphatic carbocycles. The molecule has 1 aromatic carbocycles. The summed E-state index contributed by atoms with van der Waals surface area (Å²) in [7, 11) is 0. The van der Waals surface area contributed by atoms with Gasteiger partial charge in [-0.15, -0.1) is 10.2 Å². The largest absolute Gasteiger partial charge is 0.425 e. The molecule has 0 amide bonds. The Morgan fingerprint density at radius 2 is 2.00 bits per heavy atom. The maximum absolute atomic E-state index is 5.73. The normalized spacial score (nSPS) is 12.5. The van der Waals surface area contributed by atoms with Crippen LogP contribution < -0.4 is 5.32 Å². The highest BCUT2D eigenvalue weighted by atomic mass is 16.4. The summed E-state index contributed by atoms with van der Waals surface area (Å²) < 4.78 is 5.73. The first kappa shape index (κ1) is 13.7. The van der Waals surface area contributed by atoms with E-state index in [9.17, 15) is 0 Å². The van der Waals surface area contributed by atoms with Crippen molar-refractivity contribution < 1.29 is 4.42 Å². The Bertz CT molecular complexity index is 481. The number of rotatable bonds is 7. The lowest BCUT2D eigenvalue weighted by Crippen LogP contribution is -2.14. The average molecular weight is 259 g/mol. The molecule has 0 radical (unpaired) electrons. The van der Waals surface area contributed by atoms with Gasteiger partial charge in [-0.1, -0.05) is 37.3 Å². The van der Waals surface area contributed by atoms with Crippen molar-refractivity contribution in [3.8, 4) is 0 Å². The van der Waals surface area contributed by atoms with Crippen molar-refractivity contribution in [3.63, 3.8) is 0 Å². The van der Waals surface area contributed by atoms with E-state index in [-0.39, 0.29) is 5.92 Å². The highest BCUT2D eigenvalue weighted by Crippen LogP contribution is 2.22. The summed E-state index contributed by atoms with van der Waals surface area (Å²) in [5.74, 6) is 1.58. The summed E-state index contributed by atoms with van der Waals surface area (Å²) in [5, 5.41) is 11.6. The van der Waals surface area contributed by atoms with Crippen LogP contribution >= 0.6 is 0 Å². The zero-order valence-electron chi connectivity index (χ0n) is 11.6. The van der Waals surface area contributed by atoms with E-state index < -0.39 is 0 Å². The second-order valence-corrected chi connectivity index (χ2v) is 4.62. The van der Waals surface area contributed by atoms with Crippen LogP contribution in [0.5, 0.6) is 0 Å². The number of aromatic nitrogens is 2. The van der Waals surface area contributed by atoms with Crippen molar-refractivity contribution in [1.29, 1.82) is 0 Å². The van der Waals surface area contributed by atoms with Crippen LogP contribution in [0.2, 0.25) is 0 Å². The van der Waals surface area contributed by atoms with E-state index in [0.717, 1.165) is 31.8 Å². The van der Waals surface area contributed by atoms with Gasteiger partial charge in [-0.3, -0.25) is 0 Å². The van der Waals surface area contributed by atoms with Gasteiger partial charge in [0, 0.05) is 6.42 Å². The predicted molar refractivity (Wildman–Crippen MR) is 75.1 cm³/mol. The molecular formula is C15H21N3O. The zero-order chi connectivity index (χ0) is 13.5. The molecule has 0 aliphatic rings. The van der Waals surface area contributed by atoms with Gasteiger partial charge >= 0.3 is 0 Å². The van der Waals surface area contributed by atoms with Crippen LogP contribution in [0, 0.1) is 0 Å². The van der Waals surface area contributed by atoms with E-state index in [1.807, 2.05) is 18.2 Å². The zero-order valence-corrected chi connectivity index (χ0v) is 11.6. The lowest BCUT2D eigenvalue weighted by atomic mass is 10.0. The smallest absolute Gasteiger partial charge is 0.223 e. The topological polar surface area (TPSA) is 51.0 Å². The van der Waals surface area contributed by atoms with Crippen molar-refractivity contribution in [2.75, 3.05) is 13.1 Å². The highest BCUT2D eigenvalue weighted by Gasteiger charge is 2.15. The molecule has 1 aromatic heterocycles. The molecule has 1 heterocycles. The van der Waals surface area contributed by atoms with Crippen LogP contribution in [0.4, 0.5) is 0 Å². The average Bonchev–Trinajstić information content (AvgIpc) is 2.92. The van der Waals surface area contributed by atoms with E-state index in [1.54, 1.807) is 0 Å². The third-order valence-electron chi connectivity index (χ3n) is 3.15. The van der Waals surface area contributed by atoms with E-state index in [0.29, 0.717) is 5.89 Å². The van der Waals surface area contributed by atoms with E-state index >= 15 is 0 Å². The summed E-state index contributed by atoms with van der Waals surface area (Å²) in [6, 6.07) is 10.2. The Morgan fingerprint density at radius 1 is 1.21 bits per heavy atom. The first-order valence-electron chi connectivity index (χ1n) is 6.89. The monoisotopic (exact) mass is 259 g/mol. The minimum Gasteiger partial charge on any atom is -0.425 e. The van der Waals surface area contributed by atoms with Gasteiger partial charge in [-0.05, 0) is 32.0 Å². The predicted octanol–water partition coefficient (Wildman–Crippen LogP) is 2.76. The van der Waals surface area contributed by atoms with Crippen molar-refractivity contribution in [2.24, 2.45) is 0 Å². The molecule has 0 aliphatic heterocycles. The van der Waals surface area contributed by atoms with Crippen molar-refractivity contribution in [2.45, 2.75) is 32.6 Å². The summed E-state index contributed by atoms with van der Waals surface area (Å²) in [5.41, 5.74) is 1.20. The lowest BCUT2D eigenvalue weighted by Gasteiger charge is -2.06. The fraction of sp³-hybridized carbons (Fsp3) is 0.467. The van der Waals surface area contributed by atoms with Gasteiger partial charge in [0.2, 0.25) is 11.8 Å². The molecule has 0 spiro atoms. The number of nitrogens with zero attached hydrogens (tertiary/aromatic N) is 2. The van der Waals surface area contributed by atoms with Crippen LogP contribution in [0.15, 0.2) is 34.7 Å². The van der Waals surface area contributed by atoms with E-state index in [1.165, 1.54) is 5.56 Å². The summed E-state index contributed by atoms with van der Waals surface area (Å²) in [4.78, 5) is 0. The van der Waals surface area contributed by atoms with Crippen LogP contribution in [0.25, 0.3) is 0 Å². The van der Waals surface area contributed by atoms with Gasteiger partial charge in [0.15, 0.2) is 0 Å². The van der Waals surface area contributed by atoms with Crippen LogP contribution in [0.1, 0.15) is 43.5 Å². The molecule has 1 atom stereocenters. The van der Waals surface area contributed by atoms with Gasteiger partial charge in [0.1, 0.15) is 0 Å². The SMILES string of the molecule is CCNCCCc1nnc(C(C)c2ccccc2)o1. The van der Waals surface area contributed by atoms with Crippen molar-refractivity contribution in [1.82, 2.24) is 15.5 Å². The number of benzene rings is 1. The number of hydrogen-bond acceptors (Lipinski definition) is 4. The highest BCUT2D eigenvalue weighted by molar-refractivity contribution is 5.23. The molecule has 4 nitrogen and oxygen atoms in total. The molecule has 0 fully saturated rings. The van der Waals surface area contributed by atoms with Gasteiger partial charge in [0.25, 0.3) is 0 Å². The van der Waals surface area contributed by atoms with Gasteiger partial charge in [0.05, 0.1) is 5.92 Å². The summed E-state index contributed by atoms with van der Waals surface area (Å²) >= 11 is 0. The van der Waals surface area contributed by atoms with Crippen LogP contribution in [-0.4, -0.2) is 23.3 Å². The first-order valence-corrected chi connectivity index (χ1v) is 6.89. The van der Waals surface area contributed by atoms with Crippen molar-refractivity contribution >= 4 is 0 Å². The number of nitrogens with one attached hydrogen (secondary N) is 1. The van der Waals surface area contributed by atoms with Crippen LogP contribution in [-0.2, 0) is 6.42 Å². The molecule has 19 heavy (non-hydrogen) atoms. The molecule has 1 N–H and O–H groups in total. The molecule has 102 valence electrons. The van der Waals surface area contributed by atoms with E-state index in [2.05, 4.69) is 41.5 Å². The molecule has 0 bridgehead atoms. The Hall–Kier alpha value is -1.68. The molecule has 2 rings (SSSR count). The third-order valence-corrected chi connectivity index (χ3v) is 3.15. The van der Waals surface area contributed by atoms with Gasteiger partial charge < -0.3 is 9.73 Å². The van der Waals surface area contributed by atoms with Gasteiger partial charge in [-0.2, -0.15) is 0 Å².